The monoisotopic (exact) mass is 390 g/mol. The van der Waals surface area contributed by atoms with Gasteiger partial charge in [0.2, 0.25) is 0 Å². The van der Waals surface area contributed by atoms with Gasteiger partial charge in [0, 0.05) is 55.9 Å². The summed E-state index contributed by atoms with van der Waals surface area (Å²) >= 11 is 5.97. The van der Waals surface area contributed by atoms with Crippen LogP contribution in [0.1, 0.15) is 11.1 Å². The van der Waals surface area contributed by atoms with Crippen molar-refractivity contribution < 1.29 is 14.2 Å². The van der Waals surface area contributed by atoms with E-state index in [9.17, 15) is 0 Å². The van der Waals surface area contributed by atoms with Gasteiger partial charge in [0.1, 0.15) is 5.75 Å². The van der Waals surface area contributed by atoms with Gasteiger partial charge in [-0.15, -0.1) is 0 Å². The number of nitrogens with zero attached hydrogens (tertiary/aromatic N) is 2. The van der Waals surface area contributed by atoms with Gasteiger partial charge in [-0.25, -0.2) is 0 Å². The van der Waals surface area contributed by atoms with Crippen molar-refractivity contribution in [1.82, 2.24) is 9.80 Å². The Morgan fingerprint density at radius 3 is 1.81 bits per heavy atom. The molecule has 0 unspecified atom stereocenters. The van der Waals surface area contributed by atoms with Crippen LogP contribution in [0.3, 0.4) is 0 Å². The third-order valence-corrected chi connectivity index (χ3v) is 5.22. The second-order valence-corrected chi connectivity index (χ2v) is 7.13. The molecule has 146 valence electrons. The van der Waals surface area contributed by atoms with Gasteiger partial charge in [-0.1, -0.05) is 23.7 Å². The van der Waals surface area contributed by atoms with E-state index in [4.69, 9.17) is 25.8 Å². The van der Waals surface area contributed by atoms with Gasteiger partial charge in [-0.2, -0.15) is 0 Å². The molecule has 0 bridgehead atoms. The summed E-state index contributed by atoms with van der Waals surface area (Å²) < 4.78 is 16.4. The molecule has 6 heteroatoms. The summed E-state index contributed by atoms with van der Waals surface area (Å²) in [5, 5.41) is 0.785. The summed E-state index contributed by atoms with van der Waals surface area (Å²) in [5.41, 5.74) is 2.41. The topological polar surface area (TPSA) is 34.2 Å². The molecule has 0 aromatic heterocycles. The summed E-state index contributed by atoms with van der Waals surface area (Å²) in [6.07, 6.45) is 0. The molecule has 1 aliphatic rings. The lowest BCUT2D eigenvalue weighted by Crippen LogP contribution is -2.45. The van der Waals surface area contributed by atoms with Crippen LogP contribution in [0.4, 0.5) is 0 Å². The molecule has 0 N–H and O–H groups in total. The highest BCUT2D eigenvalue weighted by molar-refractivity contribution is 6.30. The van der Waals surface area contributed by atoms with E-state index < -0.39 is 0 Å². The van der Waals surface area contributed by atoms with Crippen molar-refractivity contribution in [2.24, 2.45) is 0 Å². The number of rotatable bonds is 7. The molecular formula is C21H27ClN2O3. The Balaban J connectivity index is 1.59. The minimum Gasteiger partial charge on any atom is -0.496 e. The molecular weight excluding hydrogens is 364 g/mol. The highest BCUT2D eigenvalue weighted by atomic mass is 35.5. The zero-order chi connectivity index (χ0) is 19.2. The van der Waals surface area contributed by atoms with Crippen LogP contribution in [-0.2, 0) is 13.1 Å². The highest BCUT2D eigenvalue weighted by Crippen LogP contribution is 2.35. The molecule has 5 nitrogen and oxygen atoms in total. The molecule has 1 heterocycles. The first-order chi connectivity index (χ1) is 13.1. The highest BCUT2D eigenvalue weighted by Gasteiger charge is 2.20. The van der Waals surface area contributed by atoms with E-state index >= 15 is 0 Å². The van der Waals surface area contributed by atoms with E-state index in [1.165, 1.54) is 5.56 Å². The van der Waals surface area contributed by atoms with Crippen LogP contribution < -0.4 is 14.2 Å². The quantitative estimate of drug-likeness (QED) is 0.720. The molecule has 0 radical (unpaired) electrons. The Bertz CT molecular complexity index is 744. The smallest absolute Gasteiger partial charge is 0.164 e. The average Bonchev–Trinajstić information content (AvgIpc) is 2.70. The molecule has 0 saturated carbocycles. The molecule has 1 fully saturated rings. The third kappa shape index (κ3) is 5.06. The Labute approximate surface area is 166 Å². The van der Waals surface area contributed by atoms with Crippen molar-refractivity contribution in [3.05, 3.63) is 52.5 Å². The van der Waals surface area contributed by atoms with Crippen molar-refractivity contribution in [3.8, 4) is 17.2 Å². The second kappa shape index (κ2) is 9.31. The van der Waals surface area contributed by atoms with E-state index in [0.717, 1.165) is 61.4 Å². The fourth-order valence-electron chi connectivity index (χ4n) is 3.41. The zero-order valence-corrected chi connectivity index (χ0v) is 17.0. The van der Waals surface area contributed by atoms with E-state index in [1.807, 2.05) is 24.3 Å². The third-order valence-electron chi connectivity index (χ3n) is 4.96. The molecule has 3 rings (SSSR count). The zero-order valence-electron chi connectivity index (χ0n) is 16.2. The number of ether oxygens (including phenoxy) is 3. The predicted octanol–water partition coefficient (Wildman–Crippen LogP) is 3.68. The van der Waals surface area contributed by atoms with Crippen molar-refractivity contribution in [2.75, 3.05) is 47.5 Å². The number of hydrogen-bond acceptors (Lipinski definition) is 5. The normalized spacial score (nSPS) is 15.6. The first kappa shape index (κ1) is 19.8. The molecule has 1 saturated heterocycles. The van der Waals surface area contributed by atoms with E-state index in [-0.39, 0.29) is 0 Å². The minimum atomic E-state index is 0.686. The summed E-state index contributed by atoms with van der Waals surface area (Å²) in [6.45, 7) is 5.91. The molecule has 0 atom stereocenters. The first-order valence-electron chi connectivity index (χ1n) is 9.11. The van der Waals surface area contributed by atoms with Crippen LogP contribution in [0.25, 0.3) is 0 Å². The number of piperazine rings is 1. The number of methoxy groups -OCH3 is 3. The molecule has 27 heavy (non-hydrogen) atoms. The maximum Gasteiger partial charge on any atom is 0.164 e. The number of hydrogen-bond donors (Lipinski definition) is 0. The molecule has 1 aliphatic heterocycles. The fraction of sp³-hybridized carbons (Fsp3) is 0.429. The van der Waals surface area contributed by atoms with E-state index in [1.54, 1.807) is 21.3 Å². The van der Waals surface area contributed by atoms with Crippen LogP contribution in [-0.4, -0.2) is 57.3 Å². The summed E-state index contributed by atoms with van der Waals surface area (Å²) in [7, 11) is 4.98. The maximum atomic E-state index is 5.97. The SMILES string of the molecule is COc1cc(OC)c(OC)cc1CN1CCN(Cc2ccc(Cl)cc2)CC1. The minimum absolute atomic E-state index is 0.686. The van der Waals surface area contributed by atoms with Gasteiger partial charge in [-0.3, -0.25) is 9.80 Å². The Kier molecular flexibility index (Phi) is 6.83. The molecule has 2 aromatic carbocycles. The van der Waals surface area contributed by atoms with Crippen molar-refractivity contribution >= 4 is 11.6 Å². The lowest BCUT2D eigenvalue weighted by atomic mass is 10.1. The van der Waals surface area contributed by atoms with Gasteiger partial charge in [-0.05, 0) is 23.8 Å². The lowest BCUT2D eigenvalue weighted by molar-refractivity contribution is 0.121. The molecule has 0 spiro atoms. The van der Waals surface area contributed by atoms with Crippen molar-refractivity contribution in [2.45, 2.75) is 13.1 Å². The van der Waals surface area contributed by atoms with E-state index in [0.29, 0.717) is 5.75 Å². The molecule has 0 aliphatic carbocycles. The van der Waals surface area contributed by atoms with E-state index in [2.05, 4.69) is 21.9 Å². The van der Waals surface area contributed by atoms with Crippen molar-refractivity contribution in [1.29, 1.82) is 0 Å². The standard InChI is InChI=1S/C21H27ClN2O3/c1-25-19-13-21(27-3)20(26-2)12-17(19)15-24-10-8-23(9-11-24)14-16-4-6-18(22)7-5-16/h4-7,12-13H,8-11,14-15H2,1-3H3. The van der Waals surface area contributed by atoms with Crippen LogP contribution in [0.5, 0.6) is 17.2 Å². The summed E-state index contributed by atoms with van der Waals surface area (Å²) in [4.78, 5) is 4.92. The Hall–Kier alpha value is -1.95. The summed E-state index contributed by atoms with van der Waals surface area (Å²) in [6, 6.07) is 12.0. The lowest BCUT2D eigenvalue weighted by Gasteiger charge is -2.35. The van der Waals surface area contributed by atoms with Crippen LogP contribution in [0, 0.1) is 0 Å². The fourth-order valence-corrected chi connectivity index (χ4v) is 3.54. The number of benzene rings is 2. The Morgan fingerprint density at radius 2 is 1.26 bits per heavy atom. The second-order valence-electron chi connectivity index (χ2n) is 6.70. The van der Waals surface area contributed by atoms with Gasteiger partial charge in [0.25, 0.3) is 0 Å². The summed E-state index contributed by atoms with van der Waals surface area (Å²) in [5.74, 6) is 2.25. The van der Waals surface area contributed by atoms with Crippen LogP contribution in [0.15, 0.2) is 36.4 Å². The van der Waals surface area contributed by atoms with Gasteiger partial charge < -0.3 is 14.2 Å². The predicted molar refractivity (Wildman–Crippen MR) is 108 cm³/mol. The molecule has 0 amide bonds. The van der Waals surface area contributed by atoms with Crippen molar-refractivity contribution in [3.63, 3.8) is 0 Å². The van der Waals surface area contributed by atoms with Gasteiger partial charge >= 0.3 is 0 Å². The maximum absolute atomic E-state index is 5.97. The first-order valence-corrected chi connectivity index (χ1v) is 9.48. The Morgan fingerprint density at radius 1 is 0.741 bits per heavy atom. The van der Waals surface area contributed by atoms with Crippen LogP contribution in [0.2, 0.25) is 5.02 Å². The molecule has 2 aromatic rings. The van der Waals surface area contributed by atoms with Crippen LogP contribution >= 0.6 is 11.6 Å². The largest absolute Gasteiger partial charge is 0.496 e. The van der Waals surface area contributed by atoms with Gasteiger partial charge in [0.05, 0.1) is 21.3 Å². The van der Waals surface area contributed by atoms with Gasteiger partial charge in [0.15, 0.2) is 11.5 Å². The average molecular weight is 391 g/mol. The number of halogens is 1.